The molecule has 8 bridgehead atoms. The zero-order chi connectivity index (χ0) is 27.5. The molecule has 1 aliphatic heterocycles. The van der Waals surface area contributed by atoms with Gasteiger partial charge < -0.3 is 4.57 Å². The summed E-state index contributed by atoms with van der Waals surface area (Å²) in [7, 11) is 0. The average Bonchev–Trinajstić information content (AvgIpc) is 3.65. The van der Waals surface area contributed by atoms with Crippen molar-refractivity contribution in [1.29, 1.82) is 0 Å². The van der Waals surface area contributed by atoms with Crippen molar-refractivity contribution in [1.82, 2.24) is 19.1 Å². The van der Waals surface area contributed by atoms with Gasteiger partial charge in [0.05, 0.1) is 16.8 Å². The molecule has 0 unspecified atom stereocenters. The highest BCUT2D eigenvalue weighted by molar-refractivity contribution is 5.65. The molecule has 4 nitrogen and oxygen atoms in total. The third-order valence-electron chi connectivity index (χ3n) is 8.40. The normalized spacial score (nSPS) is 14.9. The minimum Gasteiger partial charge on any atom is -0.302 e. The lowest BCUT2D eigenvalue weighted by Crippen LogP contribution is -2.24. The van der Waals surface area contributed by atoms with Crippen molar-refractivity contribution in [3.8, 4) is 34.0 Å². The summed E-state index contributed by atoms with van der Waals surface area (Å²) in [5.41, 5.74) is 8.10. The van der Waals surface area contributed by atoms with Gasteiger partial charge in [0.25, 0.3) is 0 Å². The third-order valence-corrected chi connectivity index (χ3v) is 8.40. The third kappa shape index (κ3) is 3.83. The van der Waals surface area contributed by atoms with E-state index in [9.17, 15) is 0 Å². The number of hydrogen-bond donors (Lipinski definition) is 0. The van der Waals surface area contributed by atoms with Crippen molar-refractivity contribution in [2.45, 2.75) is 38.5 Å². The summed E-state index contributed by atoms with van der Waals surface area (Å²) in [6.45, 7) is 9.04. The van der Waals surface area contributed by atoms with Crippen LogP contribution in [0.4, 0.5) is 0 Å². The van der Waals surface area contributed by atoms with Crippen LogP contribution in [0.2, 0.25) is 0 Å². The predicted molar refractivity (Wildman–Crippen MR) is 162 cm³/mol. The number of aromatic nitrogens is 4. The van der Waals surface area contributed by atoms with E-state index in [1.165, 1.54) is 11.1 Å². The zero-order valence-electron chi connectivity index (χ0n) is 23.3. The maximum Gasteiger partial charge on any atom is 0.144 e. The monoisotopic (exact) mass is 520 g/mol. The lowest BCUT2D eigenvalue weighted by molar-refractivity contribution is 0.564. The molecule has 1 aliphatic rings. The summed E-state index contributed by atoms with van der Waals surface area (Å²) in [6.07, 6.45) is 4.36. The van der Waals surface area contributed by atoms with Gasteiger partial charge in [0.2, 0.25) is 0 Å². The van der Waals surface area contributed by atoms with Crippen molar-refractivity contribution in [2.75, 3.05) is 0 Å². The molecule has 4 aromatic carbocycles. The predicted octanol–water partition coefficient (Wildman–Crippen LogP) is 8.36. The Hall–Kier alpha value is -4.70. The second-order valence-electron chi connectivity index (χ2n) is 11.7. The van der Waals surface area contributed by atoms with E-state index in [-0.39, 0.29) is 5.41 Å². The maximum absolute atomic E-state index is 5.35. The van der Waals surface area contributed by atoms with Crippen LogP contribution < -0.4 is 0 Å². The average molecular weight is 521 g/mol. The van der Waals surface area contributed by atoms with Gasteiger partial charge in [-0.25, -0.2) is 9.97 Å². The van der Waals surface area contributed by atoms with Gasteiger partial charge in [0, 0.05) is 40.3 Å². The van der Waals surface area contributed by atoms with Crippen LogP contribution in [0, 0.1) is 0 Å². The van der Waals surface area contributed by atoms with E-state index in [1.807, 2.05) is 0 Å². The van der Waals surface area contributed by atoms with Crippen LogP contribution in [0.25, 0.3) is 34.0 Å². The summed E-state index contributed by atoms with van der Waals surface area (Å²) in [6, 6.07) is 38.7. The number of rotatable bonds is 2. The van der Waals surface area contributed by atoms with Crippen LogP contribution in [-0.2, 0) is 10.8 Å². The molecule has 3 heterocycles. The molecule has 0 amide bonds. The molecule has 0 spiro atoms. The summed E-state index contributed by atoms with van der Waals surface area (Å²) in [4.78, 5) is 10.7. The van der Waals surface area contributed by atoms with Gasteiger partial charge in [0.15, 0.2) is 0 Å². The molecule has 40 heavy (non-hydrogen) atoms. The van der Waals surface area contributed by atoms with Crippen LogP contribution in [0.1, 0.15) is 50.3 Å². The Morgan fingerprint density at radius 2 is 1.10 bits per heavy atom. The van der Waals surface area contributed by atoms with Crippen molar-refractivity contribution >= 4 is 0 Å². The van der Waals surface area contributed by atoms with Gasteiger partial charge in [0.1, 0.15) is 11.6 Å². The van der Waals surface area contributed by atoms with E-state index < -0.39 is 5.41 Å². The van der Waals surface area contributed by atoms with E-state index in [4.69, 9.17) is 9.97 Å². The first kappa shape index (κ1) is 24.3. The number of hydrogen-bond acceptors (Lipinski definition) is 2. The van der Waals surface area contributed by atoms with Gasteiger partial charge >= 0.3 is 0 Å². The van der Waals surface area contributed by atoms with Crippen LogP contribution in [0.15, 0.2) is 122 Å². The van der Waals surface area contributed by atoms with Crippen molar-refractivity contribution in [3.05, 3.63) is 144 Å². The summed E-state index contributed by atoms with van der Waals surface area (Å²) in [5.74, 6) is 1.88. The second kappa shape index (κ2) is 8.92. The van der Waals surface area contributed by atoms with Crippen molar-refractivity contribution < 1.29 is 0 Å². The Kier molecular flexibility index (Phi) is 5.43. The zero-order valence-corrected chi connectivity index (χ0v) is 23.3. The molecule has 0 fully saturated rings. The first-order chi connectivity index (χ1) is 19.3. The summed E-state index contributed by atoms with van der Waals surface area (Å²) < 4.78 is 4.45. The molecule has 7 rings (SSSR count). The molecular weight excluding hydrogens is 488 g/mol. The number of fused-ring (bicyclic) bond motifs is 10. The van der Waals surface area contributed by atoms with Gasteiger partial charge in [-0.2, -0.15) is 0 Å². The fraction of sp³-hybridized carbons (Fsp3) is 0.167. The van der Waals surface area contributed by atoms with Gasteiger partial charge in [-0.1, -0.05) is 86.6 Å². The Bertz CT molecular complexity index is 1840. The Labute approximate surface area is 235 Å². The lowest BCUT2D eigenvalue weighted by atomic mass is 9.77. The van der Waals surface area contributed by atoms with Gasteiger partial charge in [-0.15, -0.1) is 0 Å². The Morgan fingerprint density at radius 1 is 0.525 bits per heavy atom. The number of benzene rings is 4. The second-order valence-corrected chi connectivity index (χ2v) is 11.7. The highest BCUT2D eigenvalue weighted by Gasteiger charge is 2.34. The van der Waals surface area contributed by atoms with E-state index >= 15 is 0 Å². The molecular formula is C36H32N4. The number of para-hydroxylation sites is 2. The van der Waals surface area contributed by atoms with Crippen LogP contribution in [-0.4, -0.2) is 19.1 Å². The molecule has 6 aromatic rings. The number of nitrogens with zero attached hydrogens (tertiary/aromatic N) is 4. The Balaban J connectivity index is 1.57. The lowest BCUT2D eigenvalue weighted by Gasteiger charge is -2.27. The van der Waals surface area contributed by atoms with E-state index in [0.717, 1.165) is 45.5 Å². The topological polar surface area (TPSA) is 35.6 Å². The Morgan fingerprint density at radius 3 is 1.75 bits per heavy atom. The van der Waals surface area contributed by atoms with Crippen LogP contribution >= 0.6 is 0 Å². The fourth-order valence-electron chi connectivity index (χ4n) is 5.81. The van der Waals surface area contributed by atoms with Gasteiger partial charge in [-0.05, 0) is 61.4 Å². The molecule has 0 radical (unpaired) electrons. The quantitative estimate of drug-likeness (QED) is 0.230. The molecule has 0 saturated carbocycles. The first-order valence-electron chi connectivity index (χ1n) is 13.8. The minimum atomic E-state index is -0.485. The van der Waals surface area contributed by atoms with E-state index in [1.54, 1.807) is 0 Å². The smallest absolute Gasteiger partial charge is 0.144 e. The maximum atomic E-state index is 5.35. The van der Waals surface area contributed by atoms with Crippen molar-refractivity contribution in [3.63, 3.8) is 0 Å². The minimum absolute atomic E-state index is 0.215. The fourth-order valence-corrected chi connectivity index (χ4v) is 5.81. The molecule has 2 aromatic heterocycles. The molecule has 196 valence electrons. The first-order valence-corrected chi connectivity index (χ1v) is 13.8. The van der Waals surface area contributed by atoms with Crippen molar-refractivity contribution in [2.24, 2.45) is 0 Å². The number of imidazole rings is 2. The van der Waals surface area contributed by atoms with Gasteiger partial charge in [-0.3, -0.25) is 4.57 Å². The van der Waals surface area contributed by atoms with E-state index in [0.29, 0.717) is 0 Å². The molecule has 0 atom stereocenters. The largest absolute Gasteiger partial charge is 0.302 e. The molecule has 0 saturated heterocycles. The highest BCUT2D eigenvalue weighted by Crippen LogP contribution is 2.40. The van der Waals surface area contributed by atoms with Crippen LogP contribution in [0.5, 0.6) is 0 Å². The standard InChI is InChI=1S/C36H32N4/c1-35(2)27-15-11-13-25(21-27)31-23-40(30-19-9-6-10-20-30)34(37-31)36(3,4)32-24-39(29-17-7-5-8-18-29)33(38-32)26-14-12-16-28(35)22-26/h5-24H,1-4H3. The van der Waals surface area contributed by atoms with Crippen LogP contribution in [0.3, 0.4) is 0 Å². The summed E-state index contributed by atoms with van der Waals surface area (Å²) in [5, 5.41) is 0. The van der Waals surface area contributed by atoms with E-state index in [2.05, 4.69) is 158 Å². The summed E-state index contributed by atoms with van der Waals surface area (Å²) >= 11 is 0. The molecule has 0 N–H and O–H groups in total. The SMILES string of the molecule is CC1(C)c2cccc(c2)-c2cn(-c3ccccc3)c(n2)C(C)(C)c2cn(-c3ccccc3)c(n2)-c2cccc1c2. The molecule has 0 aliphatic carbocycles. The highest BCUT2D eigenvalue weighted by atomic mass is 15.1. The molecule has 4 heteroatoms.